The summed E-state index contributed by atoms with van der Waals surface area (Å²) in [6.45, 7) is 0. The zero-order valence-electron chi connectivity index (χ0n) is 7.31. The van der Waals surface area contributed by atoms with Gasteiger partial charge in [0.25, 0.3) is 0 Å². The first-order chi connectivity index (χ1) is 6.75. The van der Waals surface area contributed by atoms with Gasteiger partial charge in [0.15, 0.2) is 0 Å². The maximum Gasteiger partial charge on any atom is 0.0794 e. The fourth-order valence-corrected chi connectivity index (χ4v) is 3.32. The lowest BCUT2D eigenvalue weighted by atomic mass is 10.2. The predicted molar refractivity (Wildman–Crippen MR) is 64.8 cm³/mol. The van der Waals surface area contributed by atoms with Gasteiger partial charge in [0.05, 0.1) is 5.51 Å². The predicted octanol–water partition coefficient (Wildman–Crippen LogP) is 3.21. The Hall–Kier alpha value is -0.230. The summed E-state index contributed by atoms with van der Waals surface area (Å²) in [5.74, 6) is 0. The van der Waals surface area contributed by atoms with Gasteiger partial charge in [0.2, 0.25) is 0 Å². The molecule has 14 heavy (non-hydrogen) atoms. The molecular weight excluding hydrogens is 280 g/mol. The Morgan fingerprint density at radius 1 is 1.50 bits per heavy atom. The standard InChI is InChI=1S/C9H9BrN2S2/c10-6-1-7(13-4-6)2-8(11)9-3-12-5-14-9/h1,3-5,8H,2,11H2. The van der Waals surface area contributed by atoms with Gasteiger partial charge in [0.1, 0.15) is 0 Å². The zero-order chi connectivity index (χ0) is 9.97. The molecule has 1 atom stereocenters. The number of hydrogen-bond donors (Lipinski definition) is 1. The lowest BCUT2D eigenvalue weighted by Crippen LogP contribution is -2.10. The van der Waals surface area contributed by atoms with Gasteiger partial charge in [-0.1, -0.05) is 0 Å². The van der Waals surface area contributed by atoms with Gasteiger partial charge in [-0.3, -0.25) is 4.98 Å². The average molecular weight is 289 g/mol. The van der Waals surface area contributed by atoms with Crippen LogP contribution in [0.5, 0.6) is 0 Å². The number of nitrogens with two attached hydrogens (primary N) is 1. The molecule has 0 aliphatic rings. The highest BCUT2D eigenvalue weighted by atomic mass is 79.9. The molecule has 2 rings (SSSR count). The second-order valence-corrected chi connectivity index (χ2v) is 5.78. The van der Waals surface area contributed by atoms with Crippen molar-refractivity contribution in [2.24, 2.45) is 5.73 Å². The van der Waals surface area contributed by atoms with E-state index in [-0.39, 0.29) is 6.04 Å². The first kappa shape index (κ1) is 10.3. The third-order valence-electron chi connectivity index (χ3n) is 1.86. The Bertz CT molecular complexity index is 397. The highest BCUT2D eigenvalue weighted by Crippen LogP contribution is 2.25. The summed E-state index contributed by atoms with van der Waals surface area (Å²) in [6.07, 6.45) is 2.73. The number of nitrogens with zero attached hydrogens (tertiary/aromatic N) is 1. The quantitative estimate of drug-likeness (QED) is 0.942. The number of aromatic nitrogens is 1. The largest absolute Gasteiger partial charge is 0.323 e. The molecule has 0 saturated carbocycles. The van der Waals surface area contributed by atoms with Crippen molar-refractivity contribution >= 4 is 38.6 Å². The molecule has 0 spiro atoms. The van der Waals surface area contributed by atoms with Crippen molar-refractivity contribution in [2.75, 3.05) is 0 Å². The molecule has 2 N–H and O–H groups in total. The molecule has 2 aromatic rings. The zero-order valence-corrected chi connectivity index (χ0v) is 10.5. The van der Waals surface area contributed by atoms with Crippen LogP contribution in [-0.4, -0.2) is 4.98 Å². The number of thiazole rings is 1. The van der Waals surface area contributed by atoms with Crippen molar-refractivity contribution in [2.45, 2.75) is 12.5 Å². The monoisotopic (exact) mass is 288 g/mol. The minimum atomic E-state index is 0.0769. The minimum absolute atomic E-state index is 0.0769. The Balaban J connectivity index is 2.05. The van der Waals surface area contributed by atoms with Crippen LogP contribution in [0, 0.1) is 0 Å². The molecule has 0 saturated heterocycles. The van der Waals surface area contributed by atoms with Crippen LogP contribution in [0.25, 0.3) is 0 Å². The van der Waals surface area contributed by atoms with Gasteiger partial charge < -0.3 is 5.73 Å². The summed E-state index contributed by atoms with van der Waals surface area (Å²) in [5.41, 5.74) is 7.86. The normalized spacial score (nSPS) is 13.0. The number of rotatable bonds is 3. The van der Waals surface area contributed by atoms with Gasteiger partial charge >= 0.3 is 0 Å². The van der Waals surface area contributed by atoms with Crippen molar-refractivity contribution in [1.82, 2.24) is 4.98 Å². The topological polar surface area (TPSA) is 38.9 Å². The summed E-state index contributed by atoms with van der Waals surface area (Å²) in [5, 5.41) is 2.08. The summed E-state index contributed by atoms with van der Waals surface area (Å²) in [7, 11) is 0. The molecule has 0 fully saturated rings. The molecule has 0 aliphatic heterocycles. The van der Waals surface area contributed by atoms with Crippen molar-refractivity contribution in [3.8, 4) is 0 Å². The van der Waals surface area contributed by atoms with E-state index >= 15 is 0 Å². The van der Waals surface area contributed by atoms with Gasteiger partial charge in [-0.2, -0.15) is 0 Å². The molecule has 1 unspecified atom stereocenters. The summed E-state index contributed by atoms with van der Waals surface area (Å²) >= 11 is 6.78. The van der Waals surface area contributed by atoms with Crippen LogP contribution >= 0.6 is 38.6 Å². The smallest absolute Gasteiger partial charge is 0.0794 e. The van der Waals surface area contributed by atoms with Crippen LogP contribution in [-0.2, 0) is 6.42 Å². The van der Waals surface area contributed by atoms with Crippen LogP contribution < -0.4 is 5.73 Å². The van der Waals surface area contributed by atoms with E-state index in [4.69, 9.17) is 5.73 Å². The lowest BCUT2D eigenvalue weighted by Gasteiger charge is -2.06. The van der Waals surface area contributed by atoms with E-state index in [0.717, 1.165) is 15.8 Å². The van der Waals surface area contributed by atoms with Crippen LogP contribution in [0.3, 0.4) is 0 Å². The van der Waals surface area contributed by atoms with Crippen molar-refractivity contribution < 1.29 is 0 Å². The molecule has 2 heterocycles. The third kappa shape index (κ3) is 2.42. The first-order valence-electron chi connectivity index (χ1n) is 4.12. The average Bonchev–Trinajstić information content (AvgIpc) is 2.75. The molecule has 0 radical (unpaired) electrons. The summed E-state index contributed by atoms with van der Waals surface area (Å²) < 4.78 is 1.13. The number of hydrogen-bond acceptors (Lipinski definition) is 4. The first-order valence-corrected chi connectivity index (χ1v) is 6.68. The van der Waals surface area contributed by atoms with Gasteiger partial charge in [0, 0.05) is 38.3 Å². The maximum atomic E-state index is 6.04. The van der Waals surface area contributed by atoms with E-state index in [9.17, 15) is 0 Å². The Morgan fingerprint density at radius 3 is 2.93 bits per heavy atom. The molecule has 2 aromatic heterocycles. The summed E-state index contributed by atoms with van der Waals surface area (Å²) in [6, 6.07) is 2.19. The lowest BCUT2D eigenvalue weighted by molar-refractivity contribution is 0.743. The maximum absolute atomic E-state index is 6.04. The Labute approximate surface area is 98.9 Å². The molecule has 2 nitrogen and oxygen atoms in total. The van der Waals surface area contributed by atoms with Gasteiger partial charge in [-0.15, -0.1) is 22.7 Å². The van der Waals surface area contributed by atoms with Crippen LogP contribution in [0.4, 0.5) is 0 Å². The minimum Gasteiger partial charge on any atom is -0.323 e. The molecular formula is C9H9BrN2S2. The van der Waals surface area contributed by atoms with E-state index in [2.05, 4.69) is 32.4 Å². The molecule has 0 bridgehead atoms. The fourth-order valence-electron chi connectivity index (χ4n) is 1.19. The van der Waals surface area contributed by atoms with E-state index in [1.54, 1.807) is 22.7 Å². The van der Waals surface area contributed by atoms with E-state index < -0.39 is 0 Å². The van der Waals surface area contributed by atoms with Crippen molar-refractivity contribution in [3.05, 3.63) is 37.4 Å². The van der Waals surface area contributed by atoms with E-state index in [0.29, 0.717) is 0 Å². The molecule has 0 amide bonds. The Morgan fingerprint density at radius 2 is 2.36 bits per heavy atom. The molecule has 0 aliphatic carbocycles. The van der Waals surface area contributed by atoms with Crippen molar-refractivity contribution in [1.29, 1.82) is 0 Å². The number of halogens is 1. The van der Waals surface area contributed by atoms with Gasteiger partial charge in [-0.25, -0.2) is 0 Å². The third-order valence-corrected chi connectivity index (χ3v) is 4.49. The molecule has 0 aromatic carbocycles. The Kier molecular flexibility index (Phi) is 3.33. The highest BCUT2D eigenvalue weighted by Gasteiger charge is 2.09. The summed E-state index contributed by atoms with van der Waals surface area (Å²) in [4.78, 5) is 6.47. The second-order valence-electron chi connectivity index (χ2n) is 2.95. The van der Waals surface area contributed by atoms with Crippen molar-refractivity contribution in [3.63, 3.8) is 0 Å². The highest BCUT2D eigenvalue weighted by molar-refractivity contribution is 9.10. The molecule has 5 heteroatoms. The van der Waals surface area contributed by atoms with Crippen LogP contribution in [0.2, 0.25) is 0 Å². The van der Waals surface area contributed by atoms with E-state index in [1.807, 2.05) is 11.7 Å². The van der Waals surface area contributed by atoms with Crippen LogP contribution in [0.1, 0.15) is 15.8 Å². The molecule has 74 valence electrons. The van der Waals surface area contributed by atoms with Gasteiger partial charge in [-0.05, 0) is 22.0 Å². The SMILES string of the molecule is NC(Cc1cc(Br)cs1)c1cncs1. The fraction of sp³-hybridized carbons (Fsp3) is 0.222. The van der Waals surface area contributed by atoms with Crippen LogP contribution in [0.15, 0.2) is 27.6 Å². The number of thiophene rings is 1. The van der Waals surface area contributed by atoms with E-state index in [1.165, 1.54) is 4.88 Å². The second kappa shape index (κ2) is 4.53.